The van der Waals surface area contributed by atoms with E-state index in [1.807, 2.05) is 4.90 Å². The molecule has 0 aliphatic heterocycles. The summed E-state index contributed by atoms with van der Waals surface area (Å²) < 4.78 is 0. The molecule has 0 spiro atoms. The smallest absolute Gasteiger partial charge is 0.223 e. The molecule has 0 saturated heterocycles. The fourth-order valence-corrected chi connectivity index (χ4v) is 1.63. The van der Waals surface area contributed by atoms with Crippen LogP contribution < -0.4 is 0 Å². The molecule has 84 valence electrons. The molecule has 0 aromatic carbocycles. The lowest BCUT2D eigenvalue weighted by Crippen LogP contribution is -2.34. The van der Waals surface area contributed by atoms with Gasteiger partial charge >= 0.3 is 0 Å². The number of hydrogen-bond donors (Lipinski definition) is 0. The van der Waals surface area contributed by atoms with Crippen molar-refractivity contribution in [2.75, 3.05) is 6.54 Å². The lowest BCUT2D eigenvalue weighted by molar-refractivity contribution is -0.132. The molecule has 0 aromatic rings. The second-order valence-corrected chi connectivity index (χ2v) is 4.44. The second kappa shape index (κ2) is 5.75. The zero-order chi connectivity index (χ0) is 11.3. The van der Waals surface area contributed by atoms with Crippen molar-refractivity contribution in [2.45, 2.75) is 52.0 Å². The first kappa shape index (κ1) is 12.0. The first-order valence-electron chi connectivity index (χ1n) is 5.85. The monoisotopic (exact) mass is 208 g/mol. The van der Waals surface area contributed by atoms with E-state index in [9.17, 15) is 4.79 Å². The molecule has 1 rings (SSSR count). The van der Waals surface area contributed by atoms with Crippen molar-refractivity contribution in [3.63, 3.8) is 0 Å². The Morgan fingerprint density at radius 3 is 2.73 bits per heavy atom. The van der Waals surface area contributed by atoms with Gasteiger partial charge in [-0.3, -0.25) is 4.79 Å². The van der Waals surface area contributed by atoms with Gasteiger partial charge in [-0.2, -0.15) is 5.26 Å². The molecule has 0 radical (unpaired) electrons. The Morgan fingerprint density at radius 2 is 2.27 bits per heavy atom. The summed E-state index contributed by atoms with van der Waals surface area (Å²) in [5, 5.41) is 8.54. The molecular formula is C12H20N2O. The molecule has 3 nitrogen and oxygen atoms in total. The lowest BCUT2D eigenvalue weighted by Gasteiger charge is -2.22. The predicted molar refractivity (Wildman–Crippen MR) is 59.0 cm³/mol. The van der Waals surface area contributed by atoms with Gasteiger partial charge in [-0.1, -0.05) is 20.3 Å². The Balaban J connectivity index is 2.41. The zero-order valence-corrected chi connectivity index (χ0v) is 9.70. The molecule has 0 N–H and O–H groups in total. The van der Waals surface area contributed by atoms with Crippen molar-refractivity contribution >= 4 is 5.91 Å². The molecule has 0 heterocycles. The van der Waals surface area contributed by atoms with Gasteiger partial charge < -0.3 is 4.90 Å². The fraction of sp³-hybridized carbons (Fsp3) is 0.833. The van der Waals surface area contributed by atoms with Crippen LogP contribution >= 0.6 is 0 Å². The van der Waals surface area contributed by atoms with Crippen LogP contribution in [0.15, 0.2) is 0 Å². The normalized spacial score (nSPS) is 16.9. The summed E-state index contributed by atoms with van der Waals surface area (Å²) in [7, 11) is 0. The Bertz CT molecular complexity index is 253. The van der Waals surface area contributed by atoms with Gasteiger partial charge in [0.15, 0.2) is 0 Å². The summed E-state index contributed by atoms with van der Waals surface area (Å²) >= 11 is 0. The average molecular weight is 208 g/mol. The van der Waals surface area contributed by atoms with Crippen LogP contribution in [0, 0.1) is 17.2 Å². The molecule has 0 aromatic heterocycles. The van der Waals surface area contributed by atoms with Crippen molar-refractivity contribution < 1.29 is 4.79 Å². The molecular weight excluding hydrogens is 188 g/mol. The summed E-state index contributed by atoms with van der Waals surface area (Å²) in [6.07, 6.45) is 4.39. The third-order valence-corrected chi connectivity index (χ3v) is 2.99. The molecule has 1 amide bonds. The van der Waals surface area contributed by atoms with Gasteiger partial charge in [0.25, 0.3) is 0 Å². The van der Waals surface area contributed by atoms with Gasteiger partial charge in [0, 0.05) is 19.0 Å². The van der Waals surface area contributed by atoms with Crippen LogP contribution in [0.4, 0.5) is 0 Å². The maximum Gasteiger partial charge on any atom is 0.223 e. The highest BCUT2D eigenvalue weighted by atomic mass is 16.2. The van der Waals surface area contributed by atoms with E-state index in [0.29, 0.717) is 31.3 Å². The number of rotatable bonds is 6. The molecule has 15 heavy (non-hydrogen) atoms. The van der Waals surface area contributed by atoms with Gasteiger partial charge in [-0.15, -0.1) is 0 Å². The zero-order valence-electron chi connectivity index (χ0n) is 9.70. The fourth-order valence-electron chi connectivity index (χ4n) is 1.63. The highest BCUT2D eigenvalue weighted by molar-refractivity contribution is 5.77. The summed E-state index contributed by atoms with van der Waals surface area (Å²) in [5.74, 6) is 0.697. The van der Waals surface area contributed by atoms with Crippen molar-refractivity contribution in [1.82, 2.24) is 4.90 Å². The Hall–Kier alpha value is -1.04. The van der Waals surface area contributed by atoms with Gasteiger partial charge in [0.2, 0.25) is 5.91 Å². The lowest BCUT2D eigenvalue weighted by atomic mass is 10.0. The third-order valence-electron chi connectivity index (χ3n) is 2.99. The van der Waals surface area contributed by atoms with Crippen LogP contribution in [-0.2, 0) is 4.79 Å². The van der Waals surface area contributed by atoms with E-state index in [2.05, 4.69) is 19.9 Å². The topological polar surface area (TPSA) is 44.1 Å². The van der Waals surface area contributed by atoms with Gasteiger partial charge in [0.05, 0.1) is 12.5 Å². The van der Waals surface area contributed by atoms with E-state index in [1.165, 1.54) is 0 Å². The molecule has 0 bridgehead atoms. The van der Waals surface area contributed by atoms with Crippen LogP contribution in [-0.4, -0.2) is 23.4 Å². The predicted octanol–water partition coefficient (Wildman–Crippen LogP) is 2.33. The maximum absolute atomic E-state index is 11.9. The minimum atomic E-state index is 0.238. The first-order valence-corrected chi connectivity index (χ1v) is 5.85. The van der Waals surface area contributed by atoms with Gasteiger partial charge in [-0.05, 0) is 18.8 Å². The number of carbonyl (C=O) groups excluding carboxylic acids is 1. The van der Waals surface area contributed by atoms with Crippen molar-refractivity contribution in [3.05, 3.63) is 0 Å². The quantitative estimate of drug-likeness (QED) is 0.672. The van der Waals surface area contributed by atoms with E-state index < -0.39 is 0 Å². The molecule has 1 saturated carbocycles. The Kier molecular flexibility index (Phi) is 4.61. The van der Waals surface area contributed by atoms with Gasteiger partial charge in [-0.25, -0.2) is 0 Å². The van der Waals surface area contributed by atoms with E-state index in [0.717, 1.165) is 19.3 Å². The third kappa shape index (κ3) is 3.91. The van der Waals surface area contributed by atoms with Crippen LogP contribution in [0.3, 0.4) is 0 Å². The maximum atomic E-state index is 11.9. The van der Waals surface area contributed by atoms with E-state index >= 15 is 0 Å². The minimum absolute atomic E-state index is 0.238. The minimum Gasteiger partial charge on any atom is -0.339 e. The molecule has 3 heteroatoms. The number of nitrogens with zero attached hydrogens (tertiary/aromatic N) is 2. The van der Waals surface area contributed by atoms with E-state index in [4.69, 9.17) is 5.26 Å². The number of carbonyl (C=O) groups is 1. The summed E-state index contributed by atoms with van der Waals surface area (Å²) in [6, 6.07) is 2.55. The van der Waals surface area contributed by atoms with Crippen molar-refractivity contribution in [1.29, 1.82) is 5.26 Å². The Labute approximate surface area is 92.1 Å². The van der Waals surface area contributed by atoms with E-state index in [1.54, 1.807) is 0 Å². The first-order chi connectivity index (χ1) is 7.19. The van der Waals surface area contributed by atoms with Crippen LogP contribution in [0.2, 0.25) is 0 Å². The Morgan fingerprint density at radius 1 is 1.60 bits per heavy atom. The van der Waals surface area contributed by atoms with Crippen LogP contribution in [0.25, 0.3) is 0 Å². The molecule has 1 fully saturated rings. The SMILES string of the molecule is CCC(C)CC(=O)N(CCC#N)C1CC1. The largest absolute Gasteiger partial charge is 0.339 e. The summed E-state index contributed by atoms with van der Waals surface area (Å²) in [4.78, 5) is 13.8. The molecule has 1 atom stereocenters. The summed E-state index contributed by atoms with van der Waals surface area (Å²) in [6.45, 7) is 4.83. The average Bonchev–Trinajstić information content (AvgIpc) is 3.02. The van der Waals surface area contributed by atoms with Crippen molar-refractivity contribution in [2.24, 2.45) is 5.92 Å². The van der Waals surface area contributed by atoms with E-state index in [-0.39, 0.29) is 5.91 Å². The molecule has 1 aliphatic rings. The highest BCUT2D eigenvalue weighted by Gasteiger charge is 2.32. The summed E-state index contributed by atoms with van der Waals surface area (Å²) in [5.41, 5.74) is 0. The number of amides is 1. The van der Waals surface area contributed by atoms with Crippen LogP contribution in [0.5, 0.6) is 0 Å². The molecule has 1 unspecified atom stereocenters. The van der Waals surface area contributed by atoms with Gasteiger partial charge in [0.1, 0.15) is 0 Å². The number of nitriles is 1. The number of hydrogen-bond acceptors (Lipinski definition) is 2. The molecule has 1 aliphatic carbocycles. The van der Waals surface area contributed by atoms with Crippen LogP contribution in [0.1, 0.15) is 46.0 Å². The highest BCUT2D eigenvalue weighted by Crippen LogP contribution is 2.28. The van der Waals surface area contributed by atoms with Crippen molar-refractivity contribution in [3.8, 4) is 6.07 Å². The standard InChI is InChI=1S/C12H20N2O/c1-3-10(2)9-12(15)14(8-4-7-13)11-5-6-11/h10-11H,3-6,8-9H2,1-2H3. The second-order valence-electron chi connectivity index (χ2n) is 4.44.